The number of nitriles is 1. The molecule has 0 aliphatic rings. The molecular weight excluding hydrogens is 186 g/mol. The van der Waals surface area contributed by atoms with Crippen molar-refractivity contribution in [3.05, 3.63) is 0 Å². The molecule has 0 fully saturated rings. The summed E-state index contributed by atoms with van der Waals surface area (Å²) in [5.74, 6) is -0.167. The predicted octanol–water partition coefficient (Wildman–Crippen LogP) is -4.89. The molecule has 0 aliphatic heterocycles. The number of aliphatic carboxylic acids is 2. The molecule has 0 aliphatic carbocycles. The van der Waals surface area contributed by atoms with E-state index in [9.17, 15) is 0 Å². The molecule has 0 atom stereocenters. The van der Waals surface area contributed by atoms with Crippen LogP contribution < -0.4 is 40.8 Å². The minimum Gasteiger partial charge on any atom is -0.550 e. The number of hydrogen-bond acceptors (Lipinski definition) is 5. The second-order valence-electron chi connectivity index (χ2n) is 1.23. The Morgan fingerprint density at radius 2 is 1.46 bits per heavy atom. The third-order valence-electron chi connectivity index (χ3n) is 0. The van der Waals surface area contributed by atoms with Crippen molar-refractivity contribution in [2.75, 3.05) is 0 Å². The van der Waals surface area contributed by atoms with E-state index in [-0.39, 0.29) is 35.7 Å². The van der Waals surface area contributed by atoms with Gasteiger partial charge in [0.05, 0.1) is 0 Å². The van der Waals surface area contributed by atoms with Crippen LogP contribution in [0.4, 0.5) is 0 Å². The minimum atomic E-state index is -1.08. The molecule has 4 N–H and O–H groups in total. The van der Waals surface area contributed by atoms with Gasteiger partial charge in [-0.1, -0.05) is 0 Å². The second kappa shape index (κ2) is 30.1. The summed E-state index contributed by atoms with van der Waals surface area (Å²) in [7, 11) is 1.43. The van der Waals surface area contributed by atoms with Crippen LogP contribution in [-0.2, 0) is 9.59 Å². The number of rotatable bonds is 0. The molecule has 0 amide bonds. The fourth-order valence-electron chi connectivity index (χ4n) is 0. The Labute approximate surface area is 100 Å². The van der Waals surface area contributed by atoms with Crippen molar-refractivity contribution in [2.45, 2.75) is 13.8 Å². The molecule has 0 unspecified atom stereocenters. The fraction of sp³-hybridized carbons (Fsp3) is 0.400. The van der Waals surface area contributed by atoms with Crippen molar-refractivity contribution >= 4 is 19.8 Å². The molecule has 0 aromatic heterocycles. The van der Waals surface area contributed by atoms with E-state index in [0.29, 0.717) is 0 Å². The van der Waals surface area contributed by atoms with E-state index < -0.39 is 11.9 Å². The van der Waals surface area contributed by atoms with E-state index in [4.69, 9.17) is 25.1 Å². The molecule has 6 nitrogen and oxygen atoms in total. The number of hydrogen-bond donors (Lipinski definition) is 2. The van der Waals surface area contributed by atoms with Crippen LogP contribution in [0.2, 0.25) is 0 Å². The number of nitrogens with zero attached hydrogens (tertiary/aromatic N) is 1. The van der Waals surface area contributed by atoms with Crippen LogP contribution in [0.3, 0.4) is 0 Å². The van der Waals surface area contributed by atoms with Gasteiger partial charge in [-0.05, 0) is 12.9 Å². The Bertz CT molecular complexity index is 139. The average Bonchev–Trinajstić information content (AvgIpc) is 1.60. The third-order valence-corrected chi connectivity index (χ3v) is 0. The summed E-state index contributed by atoms with van der Waals surface area (Å²) < 4.78 is 0. The van der Waals surface area contributed by atoms with Crippen LogP contribution >= 0.6 is 0 Å². The Morgan fingerprint density at radius 3 is 1.46 bits per heavy atom. The van der Waals surface area contributed by atoms with Crippen molar-refractivity contribution in [1.82, 2.24) is 6.15 Å². The van der Waals surface area contributed by atoms with E-state index in [1.807, 2.05) is 0 Å². The molecule has 0 bridgehead atoms. The zero-order valence-corrected chi connectivity index (χ0v) is 10.3. The second-order valence-corrected chi connectivity index (χ2v) is 1.23. The summed E-state index contributed by atoms with van der Waals surface area (Å²) >= 11 is 0. The van der Waals surface area contributed by atoms with E-state index in [1.54, 1.807) is 5.97 Å². The topological polar surface area (TPSA) is 136 Å². The zero-order valence-electron chi connectivity index (χ0n) is 8.33. The molecular formula is C5H12BN2NaO4. The maximum Gasteiger partial charge on any atom is 1.00 e. The summed E-state index contributed by atoms with van der Waals surface area (Å²) in [5.41, 5.74) is 0. The summed E-state index contributed by atoms with van der Waals surface area (Å²) in [6.45, 7) is 2.06. The largest absolute Gasteiger partial charge is 1.00 e. The average molecular weight is 198 g/mol. The van der Waals surface area contributed by atoms with Crippen LogP contribution in [0.15, 0.2) is 0 Å². The molecule has 0 radical (unpaired) electrons. The smallest absolute Gasteiger partial charge is 0.550 e. The molecule has 0 aromatic carbocycles. The maximum absolute atomic E-state index is 9.00. The molecule has 0 aromatic rings. The van der Waals surface area contributed by atoms with Crippen LogP contribution in [-0.4, -0.2) is 24.9 Å². The van der Waals surface area contributed by atoms with Gasteiger partial charge in [-0.2, -0.15) is 0 Å². The minimum absolute atomic E-state index is 0. The number of carboxylic acids is 2. The summed E-state index contributed by atoms with van der Waals surface area (Å²) in [6.07, 6.45) is 0. The molecule has 0 heterocycles. The first-order chi connectivity index (χ1) is 4.88. The van der Waals surface area contributed by atoms with E-state index >= 15 is 0 Å². The Kier molecular flexibility index (Phi) is 68.0. The van der Waals surface area contributed by atoms with Gasteiger partial charge in [-0.15, -0.1) is 0 Å². The van der Waals surface area contributed by atoms with Gasteiger partial charge in [0.25, 0.3) is 5.97 Å². The van der Waals surface area contributed by atoms with Gasteiger partial charge in [0.2, 0.25) is 7.85 Å². The van der Waals surface area contributed by atoms with Crippen LogP contribution in [0.25, 0.3) is 0 Å². The number of carbonyl (C=O) groups is 2. The maximum atomic E-state index is 9.00. The van der Waals surface area contributed by atoms with Gasteiger partial charge in [-0.3, -0.25) is 4.79 Å². The van der Waals surface area contributed by atoms with Gasteiger partial charge >= 0.3 is 29.6 Å². The molecule has 13 heavy (non-hydrogen) atoms. The first-order valence-corrected chi connectivity index (χ1v) is 2.56. The molecule has 0 saturated carbocycles. The van der Waals surface area contributed by atoms with Crippen molar-refractivity contribution in [1.29, 1.82) is 5.26 Å². The third kappa shape index (κ3) is 3450. The molecule has 70 valence electrons. The number of carboxylic acid groups (broad SMARTS) is 2. The van der Waals surface area contributed by atoms with Crippen LogP contribution in [0.5, 0.6) is 0 Å². The first-order valence-electron chi connectivity index (χ1n) is 2.56. The predicted molar refractivity (Wildman–Crippen MR) is 43.2 cm³/mol. The van der Waals surface area contributed by atoms with Crippen molar-refractivity contribution in [2.24, 2.45) is 0 Å². The SMILES string of the molecule is BC#N.CC(=O)O.CC(=O)[O-].N.[Na+]. The van der Waals surface area contributed by atoms with Gasteiger partial charge < -0.3 is 21.2 Å². The molecule has 8 heteroatoms. The normalized spacial score (nSPS) is 4.38. The summed E-state index contributed by atoms with van der Waals surface area (Å²) in [6, 6.07) is 0. The quantitative estimate of drug-likeness (QED) is 0.374. The monoisotopic (exact) mass is 198 g/mol. The Morgan fingerprint density at radius 1 is 1.46 bits per heavy atom. The summed E-state index contributed by atoms with van der Waals surface area (Å²) in [5, 5.41) is 23.6. The number of carbonyl (C=O) groups excluding carboxylic acids is 1. The van der Waals surface area contributed by atoms with E-state index in [2.05, 4.69) is 0 Å². The first kappa shape index (κ1) is 29.4. The van der Waals surface area contributed by atoms with E-state index in [0.717, 1.165) is 13.8 Å². The van der Waals surface area contributed by atoms with Gasteiger partial charge in [0.1, 0.15) is 0 Å². The van der Waals surface area contributed by atoms with Crippen molar-refractivity contribution < 1.29 is 49.4 Å². The van der Waals surface area contributed by atoms with Crippen LogP contribution in [0.1, 0.15) is 13.8 Å². The fourth-order valence-corrected chi connectivity index (χ4v) is 0. The van der Waals surface area contributed by atoms with Gasteiger partial charge in [0, 0.05) is 12.9 Å². The Hall–Kier alpha value is -0.545. The Balaban J connectivity index is -0.0000000231. The van der Waals surface area contributed by atoms with Crippen LogP contribution in [0, 0.1) is 11.2 Å². The molecule has 0 spiro atoms. The van der Waals surface area contributed by atoms with Crippen molar-refractivity contribution in [3.8, 4) is 5.97 Å². The molecule has 0 rings (SSSR count). The van der Waals surface area contributed by atoms with E-state index in [1.165, 1.54) is 7.85 Å². The zero-order chi connectivity index (χ0) is 9.86. The summed E-state index contributed by atoms with van der Waals surface area (Å²) in [4.78, 5) is 17.9. The molecule has 0 saturated heterocycles. The van der Waals surface area contributed by atoms with Gasteiger partial charge in [0.15, 0.2) is 0 Å². The standard InChI is InChI=1S/2C2H4O2.CH2BN.H3N.Na/c2*1-2(3)4;2-1-3;;/h2*1H3,(H,3,4);2H2;1H3;/q;;;;+1/p-1. The van der Waals surface area contributed by atoms with Crippen molar-refractivity contribution in [3.63, 3.8) is 0 Å². The van der Waals surface area contributed by atoms with Gasteiger partial charge in [-0.25, -0.2) is 5.26 Å².